The van der Waals surface area contributed by atoms with Crippen molar-refractivity contribution in [2.75, 3.05) is 13.2 Å². The quantitative estimate of drug-likeness (QED) is 0.651. The topological polar surface area (TPSA) is 59.8 Å². The lowest BCUT2D eigenvalue weighted by Crippen LogP contribution is -2.36. The summed E-state index contributed by atoms with van der Waals surface area (Å²) in [4.78, 5) is 28.5. The van der Waals surface area contributed by atoms with Gasteiger partial charge in [-0.3, -0.25) is 9.59 Å². The highest BCUT2D eigenvalue weighted by molar-refractivity contribution is 5.99. The lowest BCUT2D eigenvalue weighted by Gasteiger charge is -2.27. The Kier molecular flexibility index (Phi) is 4.47. The molecule has 0 saturated carbocycles. The Bertz CT molecular complexity index is 1210. The van der Waals surface area contributed by atoms with Crippen molar-refractivity contribution in [3.05, 3.63) is 80.5 Å². The van der Waals surface area contributed by atoms with Crippen LogP contribution in [-0.2, 0) is 4.74 Å². The van der Waals surface area contributed by atoms with Crippen LogP contribution in [0.25, 0.3) is 11.0 Å². The van der Waals surface area contributed by atoms with E-state index in [0.29, 0.717) is 35.2 Å². The number of hydrogen-bond donors (Lipinski definition) is 0. The van der Waals surface area contributed by atoms with Crippen LogP contribution in [0.1, 0.15) is 51.7 Å². The first-order valence-electron chi connectivity index (χ1n) is 10.2. The molecule has 154 valence electrons. The van der Waals surface area contributed by atoms with E-state index in [2.05, 4.69) is 0 Å². The summed E-state index contributed by atoms with van der Waals surface area (Å²) in [6.45, 7) is 4.90. The molecule has 30 heavy (non-hydrogen) atoms. The molecule has 1 amide bonds. The zero-order valence-corrected chi connectivity index (χ0v) is 16.9. The van der Waals surface area contributed by atoms with Crippen LogP contribution in [0.5, 0.6) is 0 Å². The molecular weight excluding hydrogens is 385 g/mol. The third-order valence-electron chi connectivity index (χ3n) is 6.19. The van der Waals surface area contributed by atoms with Gasteiger partial charge in [-0.1, -0.05) is 12.1 Å². The molecule has 0 bridgehead atoms. The van der Waals surface area contributed by atoms with E-state index in [0.717, 1.165) is 24.0 Å². The Morgan fingerprint density at radius 3 is 2.53 bits per heavy atom. The number of halogens is 1. The molecule has 0 N–H and O–H groups in total. The number of fused-ring (bicyclic) bond motifs is 2. The summed E-state index contributed by atoms with van der Waals surface area (Å²) >= 11 is 0. The first-order valence-corrected chi connectivity index (χ1v) is 10.2. The van der Waals surface area contributed by atoms with Crippen molar-refractivity contribution >= 4 is 16.9 Å². The van der Waals surface area contributed by atoms with Crippen LogP contribution < -0.4 is 5.43 Å². The van der Waals surface area contributed by atoms with Gasteiger partial charge in [0.05, 0.1) is 23.1 Å². The minimum Gasteiger partial charge on any atom is -0.450 e. The first kappa shape index (κ1) is 19.0. The van der Waals surface area contributed by atoms with E-state index in [9.17, 15) is 14.0 Å². The zero-order valence-electron chi connectivity index (χ0n) is 16.9. The van der Waals surface area contributed by atoms with Gasteiger partial charge in [-0.2, -0.15) is 0 Å². The standard InChI is InChI=1S/C24H22FNO4/c1-13-10-18-19(11-14(13)2)30-23-20(22(18)27)21(15-5-7-16(25)8-6-15)26(24(23)28)12-17-4-3-9-29-17/h5-8,10-11,17,21H,3-4,9,12H2,1-2H3/t17-,21+/m1/s1. The Balaban J connectivity index is 1.72. The van der Waals surface area contributed by atoms with Crippen molar-refractivity contribution in [1.82, 2.24) is 4.90 Å². The molecule has 5 rings (SSSR count). The van der Waals surface area contributed by atoms with Gasteiger partial charge < -0.3 is 14.1 Å². The first-order chi connectivity index (χ1) is 14.4. The van der Waals surface area contributed by atoms with Gasteiger partial charge in [0.15, 0.2) is 5.43 Å². The van der Waals surface area contributed by atoms with Gasteiger partial charge in [-0.15, -0.1) is 0 Å². The second-order valence-corrected chi connectivity index (χ2v) is 8.15. The Morgan fingerprint density at radius 2 is 1.83 bits per heavy atom. The second kappa shape index (κ2) is 7.06. The molecule has 2 aliphatic heterocycles. The van der Waals surface area contributed by atoms with Gasteiger partial charge in [-0.25, -0.2) is 4.39 Å². The lowest BCUT2D eigenvalue weighted by atomic mass is 9.97. The Hall–Kier alpha value is -2.99. The highest BCUT2D eigenvalue weighted by Gasteiger charge is 2.43. The van der Waals surface area contributed by atoms with Gasteiger partial charge in [0.25, 0.3) is 5.91 Å². The molecule has 2 aliphatic rings. The van der Waals surface area contributed by atoms with E-state index in [-0.39, 0.29) is 29.0 Å². The van der Waals surface area contributed by atoms with E-state index in [1.807, 2.05) is 19.9 Å². The molecule has 5 nitrogen and oxygen atoms in total. The Morgan fingerprint density at radius 1 is 1.10 bits per heavy atom. The van der Waals surface area contributed by atoms with Crippen LogP contribution in [0.2, 0.25) is 0 Å². The summed E-state index contributed by atoms with van der Waals surface area (Å²) in [5.41, 5.74) is 3.16. The molecule has 0 spiro atoms. The minimum atomic E-state index is -0.625. The molecule has 1 fully saturated rings. The number of ether oxygens (including phenoxy) is 1. The highest BCUT2D eigenvalue weighted by atomic mass is 19.1. The minimum absolute atomic E-state index is 0.0723. The number of nitrogens with zero attached hydrogens (tertiary/aromatic N) is 1. The number of amides is 1. The smallest absolute Gasteiger partial charge is 0.291 e. The number of carbonyl (C=O) groups excluding carboxylic acids is 1. The predicted octanol–water partition coefficient (Wildman–Crippen LogP) is 4.27. The summed E-state index contributed by atoms with van der Waals surface area (Å²) in [6.07, 6.45) is 1.72. The number of benzene rings is 2. The molecule has 3 aromatic rings. The fourth-order valence-electron chi connectivity index (χ4n) is 4.46. The SMILES string of the molecule is Cc1cc2oc3c(c(=O)c2cc1C)[C@H](c1ccc(F)cc1)N(C[C@H]1CCCO1)C3=O. The van der Waals surface area contributed by atoms with Crippen LogP contribution in [0, 0.1) is 19.7 Å². The van der Waals surface area contributed by atoms with Gasteiger partial charge in [0.1, 0.15) is 11.4 Å². The highest BCUT2D eigenvalue weighted by Crippen LogP contribution is 2.39. The van der Waals surface area contributed by atoms with Crippen LogP contribution in [0.15, 0.2) is 45.6 Å². The third-order valence-corrected chi connectivity index (χ3v) is 6.19. The molecule has 0 radical (unpaired) electrons. The number of rotatable bonds is 3. The maximum atomic E-state index is 13.6. The van der Waals surface area contributed by atoms with E-state index >= 15 is 0 Å². The maximum Gasteiger partial charge on any atom is 0.291 e. The average molecular weight is 407 g/mol. The molecule has 0 aliphatic carbocycles. The fourth-order valence-corrected chi connectivity index (χ4v) is 4.46. The number of aryl methyl sites for hydroxylation is 2. The summed E-state index contributed by atoms with van der Waals surface area (Å²) < 4.78 is 25.3. The van der Waals surface area contributed by atoms with E-state index in [1.165, 1.54) is 12.1 Å². The number of hydrogen-bond acceptors (Lipinski definition) is 4. The molecule has 6 heteroatoms. The third kappa shape index (κ3) is 2.94. The van der Waals surface area contributed by atoms with Crippen molar-refractivity contribution in [2.24, 2.45) is 0 Å². The van der Waals surface area contributed by atoms with Crippen molar-refractivity contribution in [2.45, 2.75) is 38.8 Å². The largest absolute Gasteiger partial charge is 0.450 e. The van der Waals surface area contributed by atoms with E-state index < -0.39 is 6.04 Å². The molecule has 0 unspecified atom stereocenters. The predicted molar refractivity (Wildman–Crippen MR) is 110 cm³/mol. The monoisotopic (exact) mass is 407 g/mol. The zero-order chi connectivity index (χ0) is 21.0. The van der Waals surface area contributed by atoms with Gasteiger partial charge >= 0.3 is 0 Å². The Labute approximate surface area is 173 Å². The summed E-state index contributed by atoms with van der Waals surface area (Å²) in [5.74, 6) is -0.624. The van der Waals surface area contributed by atoms with Crippen LogP contribution in [-0.4, -0.2) is 30.1 Å². The molecule has 2 atom stereocenters. The van der Waals surface area contributed by atoms with E-state index in [4.69, 9.17) is 9.15 Å². The summed E-state index contributed by atoms with van der Waals surface area (Å²) in [5, 5.41) is 0.454. The summed E-state index contributed by atoms with van der Waals surface area (Å²) in [7, 11) is 0. The van der Waals surface area contributed by atoms with Crippen molar-refractivity contribution in [3.8, 4) is 0 Å². The van der Waals surface area contributed by atoms with Crippen molar-refractivity contribution in [1.29, 1.82) is 0 Å². The molecular formula is C24H22FNO4. The average Bonchev–Trinajstić information content (AvgIpc) is 3.33. The summed E-state index contributed by atoms with van der Waals surface area (Å²) in [6, 6.07) is 8.92. The van der Waals surface area contributed by atoms with E-state index in [1.54, 1.807) is 23.1 Å². The lowest BCUT2D eigenvalue weighted by molar-refractivity contribution is 0.0486. The molecule has 3 heterocycles. The normalized spacial score (nSPS) is 20.9. The molecule has 1 aromatic heterocycles. The second-order valence-electron chi connectivity index (χ2n) is 8.15. The van der Waals surface area contributed by atoms with Gasteiger partial charge in [-0.05, 0) is 67.6 Å². The molecule has 2 aromatic carbocycles. The van der Waals surface area contributed by atoms with Crippen molar-refractivity contribution < 1.29 is 18.3 Å². The van der Waals surface area contributed by atoms with Crippen molar-refractivity contribution in [3.63, 3.8) is 0 Å². The van der Waals surface area contributed by atoms with Gasteiger partial charge in [0.2, 0.25) is 5.76 Å². The van der Waals surface area contributed by atoms with Crippen LogP contribution in [0.3, 0.4) is 0 Å². The number of carbonyl (C=O) groups is 1. The fraction of sp³-hybridized carbons (Fsp3) is 0.333. The van der Waals surface area contributed by atoms with Crippen LogP contribution >= 0.6 is 0 Å². The maximum absolute atomic E-state index is 13.6. The van der Waals surface area contributed by atoms with Crippen LogP contribution in [0.4, 0.5) is 4.39 Å². The van der Waals surface area contributed by atoms with Gasteiger partial charge in [0, 0.05) is 13.2 Å². The molecule has 1 saturated heterocycles.